The summed E-state index contributed by atoms with van der Waals surface area (Å²) >= 11 is 0. The van der Waals surface area contributed by atoms with Gasteiger partial charge in [-0.15, -0.1) is 0 Å². The molecule has 0 aromatic rings. The average Bonchev–Trinajstić information content (AvgIpc) is 3.49. The standard InChI is InChI=1S/C68H119NO10/c1-4-7-10-13-16-19-22-25-26-27-28-29-30-31-32-33-34-35-38-40-43-46-49-52-55-61(72)67(76)69-59(60(71)54-51-48-45-42-39-36-23-20-17-14-11-8-5-2)58-77-68-66(65(75)64(74)62(57-70)78-68)79-63(73)56-53-50-47-44-41-37-24-21-18-15-12-9-6-3/h9,12,15,18,21,24-26,37,41,44,47,51,54,59-62,64-66,68,70-72,74-75H,4-8,10-11,13-14,16-17,19-20,22-23,27-36,38-40,42-43,45-46,48-50,52-53,55-58H2,1-3H3,(H,69,76)/b12-9+,18-15+,24-21-,26-25+,41-37-,47-44+,54-51+. The lowest BCUT2D eigenvalue weighted by atomic mass is 9.99. The van der Waals surface area contributed by atoms with Crippen LogP contribution in [-0.2, 0) is 23.8 Å². The molecule has 1 aliphatic rings. The normalized spacial score (nSPS) is 19.4. The molecule has 1 amide bonds. The Morgan fingerprint density at radius 1 is 0.506 bits per heavy atom. The minimum atomic E-state index is -1.65. The summed E-state index contributed by atoms with van der Waals surface area (Å²) in [5.74, 6) is -1.27. The number of carbonyl (C=O) groups excluding carboxylic acids is 2. The van der Waals surface area contributed by atoms with Gasteiger partial charge < -0.3 is 45.1 Å². The molecule has 11 nitrogen and oxygen atoms in total. The van der Waals surface area contributed by atoms with Crippen molar-refractivity contribution in [3.05, 3.63) is 85.1 Å². The van der Waals surface area contributed by atoms with E-state index in [2.05, 4.69) is 44.3 Å². The molecular weight excluding hydrogens is 991 g/mol. The van der Waals surface area contributed by atoms with E-state index in [1.165, 1.54) is 173 Å². The number of unbranched alkanes of at least 4 members (excludes halogenated alkanes) is 32. The van der Waals surface area contributed by atoms with Gasteiger partial charge in [0.15, 0.2) is 12.4 Å². The molecular formula is C68H119NO10. The highest BCUT2D eigenvalue weighted by Gasteiger charge is 2.47. The molecule has 11 heteroatoms. The van der Waals surface area contributed by atoms with Crippen LogP contribution in [-0.4, -0.2) is 99.6 Å². The number of allylic oxidation sites excluding steroid dienone is 13. The Bertz CT molecular complexity index is 1610. The zero-order valence-corrected chi connectivity index (χ0v) is 50.5. The maximum atomic E-state index is 13.5. The van der Waals surface area contributed by atoms with Crippen LogP contribution in [0.5, 0.6) is 0 Å². The minimum Gasteiger partial charge on any atom is -0.454 e. The van der Waals surface area contributed by atoms with Crippen molar-refractivity contribution in [3.63, 3.8) is 0 Å². The second kappa shape index (κ2) is 55.4. The van der Waals surface area contributed by atoms with E-state index in [0.717, 1.165) is 44.9 Å². The Hall–Kier alpha value is -3.16. The first-order valence-electron chi connectivity index (χ1n) is 32.4. The molecule has 0 aromatic heterocycles. The molecule has 0 bridgehead atoms. The number of nitrogens with one attached hydrogen (secondary N) is 1. The predicted octanol–water partition coefficient (Wildman–Crippen LogP) is 15.7. The maximum absolute atomic E-state index is 13.5. The smallest absolute Gasteiger partial charge is 0.306 e. The number of amides is 1. The SMILES string of the molecule is CC/C=C/C=C/C=C\C=C/C=C/CCCC(=O)OC1C(OCC(NC(=O)C(O)CCCCCCCCCCCCCCCC/C=C/CCCCCCCC)C(O)/C=C/CCCCCCCCCCCCC)OC(CO)C(O)C1O. The topological polar surface area (TPSA) is 175 Å². The quantitative estimate of drug-likeness (QED) is 0.0149. The van der Waals surface area contributed by atoms with Crippen LogP contribution in [0.25, 0.3) is 0 Å². The zero-order valence-electron chi connectivity index (χ0n) is 50.5. The minimum absolute atomic E-state index is 0.0249. The number of hydrogen-bond acceptors (Lipinski definition) is 10. The van der Waals surface area contributed by atoms with Crippen LogP contribution >= 0.6 is 0 Å². The first-order valence-corrected chi connectivity index (χ1v) is 32.4. The van der Waals surface area contributed by atoms with E-state index in [9.17, 15) is 35.1 Å². The lowest BCUT2D eigenvalue weighted by Gasteiger charge is -2.41. The highest BCUT2D eigenvalue weighted by atomic mass is 16.7. The zero-order chi connectivity index (χ0) is 57.5. The molecule has 79 heavy (non-hydrogen) atoms. The van der Waals surface area contributed by atoms with Gasteiger partial charge in [0.25, 0.3) is 0 Å². The molecule has 0 radical (unpaired) electrons. The second-order valence-electron chi connectivity index (χ2n) is 22.2. The Kier molecular flexibility index (Phi) is 51.8. The van der Waals surface area contributed by atoms with Crippen molar-refractivity contribution in [3.8, 4) is 0 Å². The lowest BCUT2D eigenvalue weighted by Crippen LogP contribution is -2.61. The fourth-order valence-electron chi connectivity index (χ4n) is 9.79. The highest BCUT2D eigenvalue weighted by Crippen LogP contribution is 2.26. The van der Waals surface area contributed by atoms with Gasteiger partial charge in [0, 0.05) is 6.42 Å². The van der Waals surface area contributed by atoms with Crippen molar-refractivity contribution in [2.24, 2.45) is 0 Å². The van der Waals surface area contributed by atoms with Crippen LogP contribution in [0.15, 0.2) is 85.1 Å². The Morgan fingerprint density at radius 3 is 1.39 bits per heavy atom. The number of hydrogen-bond donors (Lipinski definition) is 6. The Balaban J connectivity index is 2.64. The third kappa shape index (κ3) is 43.2. The van der Waals surface area contributed by atoms with Crippen LogP contribution in [0.4, 0.5) is 0 Å². The first-order chi connectivity index (χ1) is 38.7. The summed E-state index contributed by atoms with van der Waals surface area (Å²) in [4.78, 5) is 26.5. The third-order valence-electron chi connectivity index (χ3n) is 14.9. The van der Waals surface area contributed by atoms with E-state index in [0.29, 0.717) is 19.3 Å². The van der Waals surface area contributed by atoms with Gasteiger partial charge in [0.1, 0.15) is 24.4 Å². The fourth-order valence-corrected chi connectivity index (χ4v) is 9.79. The molecule has 1 heterocycles. The van der Waals surface area contributed by atoms with Crippen LogP contribution < -0.4 is 5.32 Å². The van der Waals surface area contributed by atoms with Crippen molar-refractivity contribution in [2.75, 3.05) is 13.2 Å². The largest absolute Gasteiger partial charge is 0.454 e. The Morgan fingerprint density at radius 2 is 0.924 bits per heavy atom. The predicted molar refractivity (Wildman–Crippen MR) is 329 cm³/mol. The van der Waals surface area contributed by atoms with E-state index >= 15 is 0 Å². The molecule has 1 rings (SSSR count). The molecule has 456 valence electrons. The number of rotatable bonds is 54. The molecule has 0 spiro atoms. The summed E-state index contributed by atoms with van der Waals surface area (Å²) in [5, 5.41) is 57.0. The van der Waals surface area contributed by atoms with Crippen molar-refractivity contribution in [1.29, 1.82) is 0 Å². The van der Waals surface area contributed by atoms with Crippen LogP contribution in [0.3, 0.4) is 0 Å². The molecule has 1 saturated heterocycles. The molecule has 8 unspecified atom stereocenters. The summed E-state index contributed by atoms with van der Waals surface area (Å²) in [6.07, 6.45) is 62.2. The molecule has 0 aromatic carbocycles. The average molecular weight is 1110 g/mol. The van der Waals surface area contributed by atoms with Gasteiger partial charge in [-0.3, -0.25) is 9.59 Å². The van der Waals surface area contributed by atoms with Crippen molar-refractivity contribution < 1.29 is 49.3 Å². The lowest BCUT2D eigenvalue weighted by molar-refractivity contribution is -0.305. The number of aliphatic hydroxyl groups is 5. The molecule has 6 N–H and O–H groups in total. The molecule has 8 atom stereocenters. The molecule has 0 aliphatic carbocycles. The summed E-state index contributed by atoms with van der Waals surface area (Å²) in [6.45, 7) is 5.61. The summed E-state index contributed by atoms with van der Waals surface area (Å²) in [5.41, 5.74) is 0. The van der Waals surface area contributed by atoms with E-state index < -0.39 is 67.4 Å². The Labute approximate surface area is 483 Å². The summed E-state index contributed by atoms with van der Waals surface area (Å²) in [7, 11) is 0. The van der Waals surface area contributed by atoms with E-state index in [-0.39, 0.29) is 19.4 Å². The number of carbonyl (C=O) groups is 2. The van der Waals surface area contributed by atoms with Gasteiger partial charge in [-0.1, -0.05) is 286 Å². The van der Waals surface area contributed by atoms with E-state index in [1.54, 1.807) is 6.08 Å². The monoisotopic (exact) mass is 1110 g/mol. The van der Waals surface area contributed by atoms with Gasteiger partial charge in [-0.25, -0.2) is 0 Å². The number of esters is 1. The van der Waals surface area contributed by atoms with Gasteiger partial charge in [0.05, 0.1) is 25.4 Å². The van der Waals surface area contributed by atoms with Gasteiger partial charge in [-0.05, 0) is 64.2 Å². The van der Waals surface area contributed by atoms with Crippen molar-refractivity contribution in [1.82, 2.24) is 5.32 Å². The van der Waals surface area contributed by atoms with Crippen LogP contribution in [0.1, 0.15) is 271 Å². The number of aliphatic hydroxyl groups excluding tert-OH is 5. The van der Waals surface area contributed by atoms with Gasteiger partial charge >= 0.3 is 5.97 Å². The highest BCUT2D eigenvalue weighted by molar-refractivity contribution is 5.80. The summed E-state index contributed by atoms with van der Waals surface area (Å²) in [6, 6.07) is -1.04. The van der Waals surface area contributed by atoms with Crippen molar-refractivity contribution >= 4 is 11.9 Å². The first kappa shape index (κ1) is 73.9. The second-order valence-corrected chi connectivity index (χ2v) is 22.2. The summed E-state index contributed by atoms with van der Waals surface area (Å²) < 4.78 is 17.5. The molecule has 0 saturated carbocycles. The third-order valence-corrected chi connectivity index (χ3v) is 14.9. The van der Waals surface area contributed by atoms with E-state index in [1.807, 2.05) is 60.8 Å². The molecule has 1 fully saturated rings. The van der Waals surface area contributed by atoms with Gasteiger partial charge in [0.2, 0.25) is 5.91 Å². The maximum Gasteiger partial charge on any atom is 0.306 e. The fraction of sp³-hybridized carbons (Fsp3) is 0.765. The van der Waals surface area contributed by atoms with Crippen molar-refractivity contribution in [2.45, 2.75) is 320 Å². The molecule has 1 aliphatic heterocycles. The number of ether oxygens (including phenoxy) is 3. The van der Waals surface area contributed by atoms with E-state index in [4.69, 9.17) is 14.2 Å². The van der Waals surface area contributed by atoms with Gasteiger partial charge in [-0.2, -0.15) is 0 Å². The van der Waals surface area contributed by atoms with Crippen LogP contribution in [0.2, 0.25) is 0 Å². The van der Waals surface area contributed by atoms with Crippen LogP contribution in [0, 0.1) is 0 Å².